The molecular formula is C32H43FN2O5S. The minimum Gasteiger partial charge on any atom is -0.487 e. The number of carbonyl (C=O) groups is 1. The number of benzene rings is 2. The number of rotatable bonds is 7. The minimum absolute atomic E-state index is 0.0183. The van der Waals surface area contributed by atoms with Crippen molar-refractivity contribution in [3.8, 4) is 16.9 Å². The highest BCUT2D eigenvalue weighted by molar-refractivity contribution is 7.90. The summed E-state index contributed by atoms with van der Waals surface area (Å²) < 4.78 is 50.7. The Kier molecular flexibility index (Phi) is 8.67. The van der Waals surface area contributed by atoms with E-state index in [0.717, 1.165) is 48.1 Å². The van der Waals surface area contributed by atoms with E-state index in [-0.39, 0.29) is 23.2 Å². The van der Waals surface area contributed by atoms with E-state index in [2.05, 4.69) is 12.1 Å². The monoisotopic (exact) mass is 586 g/mol. The van der Waals surface area contributed by atoms with Crippen molar-refractivity contribution < 1.29 is 27.1 Å². The molecule has 224 valence electrons. The van der Waals surface area contributed by atoms with Gasteiger partial charge in [0.05, 0.1) is 11.5 Å². The van der Waals surface area contributed by atoms with E-state index in [4.69, 9.17) is 9.47 Å². The Morgan fingerprint density at radius 1 is 1.05 bits per heavy atom. The maximum absolute atomic E-state index is 13.3. The molecule has 9 heteroatoms. The normalized spacial score (nSPS) is 21.0. The molecule has 0 aromatic heterocycles. The van der Waals surface area contributed by atoms with E-state index in [1.165, 1.54) is 5.56 Å². The number of sulfone groups is 1. The number of alkyl halides is 1. The number of aryl methyl sites for hydroxylation is 1. The standard InChI is InChI=1S/C32H43FN2O5S/c1-31(2,3)40-30(36)35-18-14-32(15-19-35)13-11-27-21-26(9-10-29(27)39-32)25-7-5-24(6-8-25)23-41(37,38)20-4-16-34-17-12-28(33)22-34/h5-10,21,28H,4,11-20,22-23H2,1-3H3/t28-/m0/s1. The fourth-order valence-electron chi connectivity index (χ4n) is 6.09. The van der Waals surface area contributed by atoms with Gasteiger partial charge in [0.2, 0.25) is 0 Å². The van der Waals surface area contributed by atoms with Crippen molar-refractivity contribution in [2.75, 3.05) is 38.5 Å². The average Bonchev–Trinajstić information content (AvgIpc) is 3.32. The van der Waals surface area contributed by atoms with Crippen LogP contribution in [-0.2, 0) is 26.7 Å². The molecule has 0 radical (unpaired) electrons. The molecule has 2 saturated heterocycles. The van der Waals surface area contributed by atoms with Gasteiger partial charge in [0.15, 0.2) is 9.84 Å². The van der Waals surface area contributed by atoms with Crippen molar-refractivity contribution in [3.05, 3.63) is 53.6 Å². The van der Waals surface area contributed by atoms with Crippen LogP contribution in [0.15, 0.2) is 42.5 Å². The van der Waals surface area contributed by atoms with Gasteiger partial charge in [-0.25, -0.2) is 17.6 Å². The van der Waals surface area contributed by atoms with Gasteiger partial charge < -0.3 is 19.3 Å². The Morgan fingerprint density at radius 2 is 1.76 bits per heavy atom. The van der Waals surface area contributed by atoms with Crippen LogP contribution in [-0.4, -0.2) is 80.2 Å². The second kappa shape index (κ2) is 11.9. The number of carbonyl (C=O) groups excluding carboxylic acids is 1. The van der Waals surface area contributed by atoms with Crippen LogP contribution < -0.4 is 4.74 Å². The Balaban J connectivity index is 1.14. The first kappa shape index (κ1) is 29.8. The highest BCUT2D eigenvalue weighted by Crippen LogP contribution is 2.41. The van der Waals surface area contributed by atoms with Crippen molar-refractivity contribution in [1.82, 2.24) is 9.80 Å². The van der Waals surface area contributed by atoms with Crippen LogP contribution in [0.1, 0.15) is 64.0 Å². The molecular weight excluding hydrogens is 543 g/mol. The molecule has 3 aliphatic rings. The topological polar surface area (TPSA) is 76.2 Å². The summed E-state index contributed by atoms with van der Waals surface area (Å²) in [5.41, 5.74) is 3.32. The van der Waals surface area contributed by atoms with Crippen LogP contribution in [0.5, 0.6) is 5.75 Å². The zero-order valence-electron chi connectivity index (χ0n) is 24.5. The summed E-state index contributed by atoms with van der Waals surface area (Å²) >= 11 is 0. The molecule has 2 aromatic carbocycles. The summed E-state index contributed by atoms with van der Waals surface area (Å²) in [6.07, 6.45) is 3.44. The van der Waals surface area contributed by atoms with E-state index in [1.54, 1.807) is 4.90 Å². The smallest absolute Gasteiger partial charge is 0.410 e. The molecule has 1 atom stereocenters. The Morgan fingerprint density at radius 3 is 2.41 bits per heavy atom. The number of piperidine rings is 1. The molecule has 1 spiro atoms. The maximum atomic E-state index is 13.3. The van der Waals surface area contributed by atoms with Crippen LogP contribution in [0.25, 0.3) is 11.1 Å². The minimum atomic E-state index is -3.23. The Bertz CT molecular complexity index is 1330. The van der Waals surface area contributed by atoms with Crippen LogP contribution in [0, 0.1) is 0 Å². The van der Waals surface area contributed by atoms with Crippen molar-refractivity contribution in [1.29, 1.82) is 0 Å². The summed E-state index contributed by atoms with van der Waals surface area (Å²) in [6, 6.07) is 14.0. The number of hydrogen-bond donors (Lipinski definition) is 0. The molecule has 41 heavy (non-hydrogen) atoms. The first-order valence-corrected chi connectivity index (χ1v) is 16.7. The molecule has 0 bridgehead atoms. The highest BCUT2D eigenvalue weighted by Gasteiger charge is 2.41. The lowest BCUT2D eigenvalue weighted by Gasteiger charge is -2.44. The lowest BCUT2D eigenvalue weighted by atomic mass is 9.82. The van der Waals surface area contributed by atoms with Gasteiger partial charge in [-0.1, -0.05) is 30.3 Å². The fourth-order valence-corrected chi connectivity index (χ4v) is 7.51. The van der Waals surface area contributed by atoms with Crippen LogP contribution in [0.3, 0.4) is 0 Å². The number of fused-ring (bicyclic) bond motifs is 1. The van der Waals surface area contributed by atoms with Gasteiger partial charge in [0.1, 0.15) is 23.1 Å². The van der Waals surface area contributed by atoms with E-state index >= 15 is 0 Å². The van der Waals surface area contributed by atoms with E-state index in [1.807, 2.05) is 56.0 Å². The third-order valence-electron chi connectivity index (χ3n) is 8.38. The summed E-state index contributed by atoms with van der Waals surface area (Å²) in [4.78, 5) is 16.3. The first-order chi connectivity index (χ1) is 19.4. The lowest BCUT2D eigenvalue weighted by Crippen LogP contribution is -2.52. The lowest BCUT2D eigenvalue weighted by molar-refractivity contribution is -0.0272. The molecule has 0 saturated carbocycles. The first-order valence-electron chi connectivity index (χ1n) is 14.8. The van der Waals surface area contributed by atoms with Gasteiger partial charge in [-0.3, -0.25) is 0 Å². The van der Waals surface area contributed by atoms with Gasteiger partial charge in [-0.2, -0.15) is 0 Å². The van der Waals surface area contributed by atoms with Crippen LogP contribution >= 0.6 is 0 Å². The van der Waals surface area contributed by atoms with Crippen molar-refractivity contribution in [3.63, 3.8) is 0 Å². The molecule has 5 rings (SSSR count). The van der Waals surface area contributed by atoms with E-state index in [0.29, 0.717) is 45.6 Å². The van der Waals surface area contributed by atoms with Crippen molar-refractivity contribution in [2.45, 2.75) is 82.4 Å². The van der Waals surface area contributed by atoms with Crippen LogP contribution in [0.2, 0.25) is 0 Å². The SMILES string of the molecule is CC(C)(C)OC(=O)N1CCC2(CCc3cc(-c4ccc(CS(=O)(=O)CCCN5CC[C@H](F)C5)cc4)ccc3O2)CC1. The number of likely N-dealkylation sites (tertiary alicyclic amines) is 2. The Labute approximate surface area is 243 Å². The molecule has 0 N–H and O–H groups in total. The summed E-state index contributed by atoms with van der Waals surface area (Å²) in [7, 11) is -3.23. The highest BCUT2D eigenvalue weighted by atomic mass is 32.2. The summed E-state index contributed by atoms with van der Waals surface area (Å²) in [5, 5.41) is 0. The molecule has 3 aliphatic heterocycles. The predicted octanol–water partition coefficient (Wildman–Crippen LogP) is 5.80. The van der Waals surface area contributed by atoms with Crippen molar-refractivity contribution in [2.24, 2.45) is 0 Å². The number of ether oxygens (including phenoxy) is 2. The van der Waals surface area contributed by atoms with Crippen molar-refractivity contribution >= 4 is 15.9 Å². The van der Waals surface area contributed by atoms with Gasteiger partial charge in [-0.15, -0.1) is 0 Å². The molecule has 0 aliphatic carbocycles. The average molecular weight is 587 g/mol. The zero-order valence-corrected chi connectivity index (χ0v) is 25.3. The summed E-state index contributed by atoms with van der Waals surface area (Å²) in [6.45, 7) is 8.67. The van der Waals surface area contributed by atoms with Gasteiger partial charge in [0.25, 0.3) is 0 Å². The predicted molar refractivity (Wildman–Crippen MR) is 159 cm³/mol. The fraction of sp³-hybridized carbons (Fsp3) is 0.594. The van der Waals surface area contributed by atoms with Gasteiger partial charge in [-0.05, 0) is 87.4 Å². The second-order valence-corrected chi connectivity index (χ2v) is 15.1. The van der Waals surface area contributed by atoms with Gasteiger partial charge in [0, 0.05) is 39.0 Å². The molecule has 3 heterocycles. The zero-order chi connectivity index (χ0) is 29.3. The van der Waals surface area contributed by atoms with Gasteiger partial charge >= 0.3 is 6.09 Å². The summed E-state index contributed by atoms with van der Waals surface area (Å²) in [5.74, 6) is 1.04. The molecule has 2 fully saturated rings. The van der Waals surface area contributed by atoms with E-state index < -0.39 is 21.6 Å². The number of nitrogens with zero attached hydrogens (tertiary/aromatic N) is 2. The number of hydrogen-bond acceptors (Lipinski definition) is 6. The second-order valence-electron chi connectivity index (χ2n) is 12.9. The number of amides is 1. The molecule has 7 nitrogen and oxygen atoms in total. The quantitative estimate of drug-likeness (QED) is 0.409. The largest absolute Gasteiger partial charge is 0.487 e. The molecule has 2 aromatic rings. The van der Waals surface area contributed by atoms with E-state index in [9.17, 15) is 17.6 Å². The third-order valence-corrected chi connectivity index (χ3v) is 10.1. The van der Waals surface area contributed by atoms with Crippen LogP contribution in [0.4, 0.5) is 9.18 Å². The number of halogens is 1. The third kappa shape index (κ3) is 7.80. The Hall–Kier alpha value is -2.65. The maximum Gasteiger partial charge on any atom is 0.410 e. The molecule has 1 amide bonds. The molecule has 0 unspecified atom stereocenters.